The number of hydrogen-bond donors (Lipinski definition) is 2. The Bertz CT molecular complexity index is 436. The Morgan fingerprint density at radius 3 is 3.05 bits per heavy atom. The third-order valence-corrected chi connectivity index (χ3v) is 3.54. The first-order valence-corrected chi connectivity index (χ1v) is 6.85. The third kappa shape index (κ3) is 3.13. The van der Waals surface area contributed by atoms with Gasteiger partial charge in [0.2, 0.25) is 0 Å². The van der Waals surface area contributed by atoms with E-state index in [1.54, 1.807) is 13.3 Å². The Morgan fingerprint density at radius 2 is 2.32 bits per heavy atom. The van der Waals surface area contributed by atoms with E-state index < -0.39 is 6.10 Å². The lowest BCUT2D eigenvalue weighted by Crippen LogP contribution is -2.47. The van der Waals surface area contributed by atoms with E-state index in [9.17, 15) is 5.11 Å². The van der Waals surface area contributed by atoms with Crippen LogP contribution in [0.25, 0.3) is 0 Å². The molecule has 6 heteroatoms. The van der Waals surface area contributed by atoms with Gasteiger partial charge in [-0.15, -0.1) is 0 Å². The van der Waals surface area contributed by atoms with Crippen LogP contribution in [0.5, 0.6) is 0 Å². The highest BCUT2D eigenvalue weighted by atomic mass is 16.5. The van der Waals surface area contributed by atoms with Gasteiger partial charge in [-0.3, -0.25) is 0 Å². The molecule has 2 heterocycles. The molecule has 0 amide bonds. The molecule has 1 aromatic rings. The van der Waals surface area contributed by atoms with E-state index >= 15 is 0 Å². The molecule has 104 valence electrons. The number of aliphatic hydroxyl groups excluding tert-OH is 1. The van der Waals surface area contributed by atoms with Crippen molar-refractivity contribution in [3.8, 4) is 0 Å². The molecule has 1 saturated carbocycles. The van der Waals surface area contributed by atoms with Crippen molar-refractivity contribution in [2.24, 2.45) is 0 Å². The summed E-state index contributed by atoms with van der Waals surface area (Å²) in [6.45, 7) is 3.83. The quantitative estimate of drug-likeness (QED) is 0.831. The Balaban J connectivity index is 1.69. The molecule has 2 atom stereocenters. The van der Waals surface area contributed by atoms with Crippen LogP contribution in [0.1, 0.15) is 19.8 Å². The van der Waals surface area contributed by atoms with Gasteiger partial charge in [-0.05, 0) is 19.8 Å². The van der Waals surface area contributed by atoms with Crippen molar-refractivity contribution < 1.29 is 9.84 Å². The molecule has 2 fully saturated rings. The largest absolute Gasteiger partial charge is 0.391 e. The van der Waals surface area contributed by atoms with Gasteiger partial charge in [0.25, 0.3) is 0 Å². The Kier molecular flexibility index (Phi) is 3.52. The van der Waals surface area contributed by atoms with E-state index in [2.05, 4.69) is 20.2 Å². The van der Waals surface area contributed by atoms with Crippen molar-refractivity contribution in [3.05, 3.63) is 12.4 Å². The standard InChI is InChI=1S/C13H20N4O2/c1-9(18)11-7-17(4-5-19-11)13-6-12(14-8-15-13)16-10-2-3-10/h6,8-11,18H,2-5,7H2,1H3,(H,14,15,16). The molecule has 2 unspecified atom stereocenters. The first-order valence-electron chi connectivity index (χ1n) is 6.85. The Labute approximate surface area is 112 Å². The van der Waals surface area contributed by atoms with Crippen LogP contribution in [0.3, 0.4) is 0 Å². The minimum absolute atomic E-state index is 0.149. The van der Waals surface area contributed by atoms with E-state index in [0.29, 0.717) is 19.2 Å². The summed E-state index contributed by atoms with van der Waals surface area (Å²) in [6.07, 6.45) is 3.42. The second-order valence-electron chi connectivity index (χ2n) is 5.28. The molecular weight excluding hydrogens is 244 g/mol. The normalized spacial score (nSPS) is 25.2. The SMILES string of the molecule is CC(O)C1CN(c2cc(NC3CC3)ncn2)CCO1. The highest BCUT2D eigenvalue weighted by Gasteiger charge is 2.26. The predicted octanol–water partition coefficient (Wildman–Crippen LogP) is 0.637. The fourth-order valence-electron chi connectivity index (χ4n) is 2.21. The van der Waals surface area contributed by atoms with Crippen LogP contribution in [0.15, 0.2) is 12.4 Å². The molecule has 1 aliphatic heterocycles. The zero-order valence-corrected chi connectivity index (χ0v) is 11.1. The summed E-state index contributed by atoms with van der Waals surface area (Å²) in [5, 5.41) is 13.0. The summed E-state index contributed by atoms with van der Waals surface area (Å²) in [7, 11) is 0. The fourth-order valence-corrected chi connectivity index (χ4v) is 2.21. The van der Waals surface area contributed by atoms with Crippen molar-refractivity contribution in [3.63, 3.8) is 0 Å². The molecule has 0 aromatic carbocycles. The molecule has 1 saturated heterocycles. The van der Waals surface area contributed by atoms with Crippen molar-refractivity contribution >= 4 is 11.6 Å². The van der Waals surface area contributed by atoms with Crippen molar-refractivity contribution in [1.29, 1.82) is 0 Å². The summed E-state index contributed by atoms with van der Waals surface area (Å²) in [5.74, 6) is 1.78. The number of aromatic nitrogens is 2. The van der Waals surface area contributed by atoms with Crippen molar-refractivity contribution in [1.82, 2.24) is 9.97 Å². The predicted molar refractivity (Wildman–Crippen MR) is 72.3 cm³/mol. The first kappa shape index (κ1) is 12.6. The van der Waals surface area contributed by atoms with Gasteiger partial charge in [0.1, 0.15) is 24.1 Å². The van der Waals surface area contributed by atoms with E-state index in [1.807, 2.05) is 6.07 Å². The number of hydrogen-bond acceptors (Lipinski definition) is 6. The zero-order chi connectivity index (χ0) is 13.2. The average molecular weight is 264 g/mol. The van der Waals surface area contributed by atoms with E-state index in [-0.39, 0.29) is 6.10 Å². The van der Waals surface area contributed by atoms with Crippen LogP contribution >= 0.6 is 0 Å². The number of anilines is 2. The number of morpholine rings is 1. The minimum Gasteiger partial charge on any atom is -0.391 e. The zero-order valence-electron chi connectivity index (χ0n) is 11.1. The maximum atomic E-state index is 9.63. The van der Waals surface area contributed by atoms with Crippen molar-refractivity contribution in [2.75, 3.05) is 29.9 Å². The van der Waals surface area contributed by atoms with Crippen LogP contribution < -0.4 is 10.2 Å². The van der Waals surface area contributed by atoms with Gasteiger partial charge in [-0.25, -0.2) is 9.97 Å². The van der Waals surface area contributed by atoms with Gasteiger partial charge in [0.05, 0.1) is 12.7 Å². The van der Waals surface area contributed by atoms with Crippen LogP contribution in [0.4, 0.5) is 11.6 Å². The van der Waals surface area contributed by atoms with E-state index in [1.165, 1.54) is 12.8 Å². The van der Waals surface area contributed by atoms with E-state index in [0.717, 1.165) is 18.2 Å². The number of rotatable bonds is 4. The summed E-state index contributed by atoms with van der Waals surface area (Å²) >= 11 is 0. The van der Waals surface area contributed by atoms with Crippen molar-refractivity contribution in [2.45, 2.75) is 38.0 Å². The molecule has 0 radical (unpaired) electrons. The van der Waals surface area contributed by atoms with Gasteiger partial charge in [-0.1, -0.05) is 0 Å². The fraction of sp³-hybridized carbons (Fsp3) is 0.692. The van der Waals surface area contributed by atoms with Gasteiger partial charge in [0, 0.05) is 25.2 Å². The molecular formula is C13H20N4O2. The highest BCUT2D eigenvalue weighted by Crippen LogP contribution is 2.25. The molecule has 2 N–H and O–H groups in total. The first-order chi connectivity index (χ1) is 9.22. The third-order valence-electron chi connectivity index (χ3n) is 3.54. The molecule has 0 spiro atoms. The number of aliphatic hydroxyl groups is 1. The van der Waals surface area contributed by atoms with Gasteiger partial charge >= 0.3 is 0 Å². The van der Waals surface area contributed by atoms with Crippen LogP contribution in [0, 0.1) is 0 Å². The van der Waals surface area contributed by atoms with Crippen LogP contribution in [0.2, 0.25) is 0 Å². The Hall–Kier alpha value is -1.40. The lowest BCUT2D eigenvalue weighted by Gasteiger charge is -2.35. The summed E-state index contributed by atoms with van der Waals surface area (Å²) in [6, 6.07) is 2.56. The van der Waals surface area contributed by atoms with E-state index in [4.69, 9.17) is 4.74 Å². The molecule has 2 aliphatic rings. The summed E-state index contributed by atoms with van der Waals surface area (Å²) < 4.78 is 5.55. The number of ether oxygens (including phenoxy) is 1. The summed E-state index contributed by atoms with van der Waals surface area (Å²) in [5.41, 5.74) is 0. The molecule has 3 rings (SSSR count). The van der Waals surface area contributed by atoms with Gasteiger partial charge < -0.3 is 20.1 Å². The average Bonchev–Trinajstić information content (AvgIpc) is 3.23. The number of nitrogens with one attached hydrogen (secondary N) is 1. The highest BCUT2D eigenvalue weighted by molar-refractivity contribution is 5.49. The molecule has 19 heavy (non-hydrogen) atoms. The lowest BCUT2D eigenvalue weighted by molar-refractivity contribution is -0.0366. The van der Waals surface area contributed by atoms with Gasteiger partial charge in [0.15, 0.2) is 0 Å². The topological polar surface area (TPSA) is 70.5 Å². The maximum absolute atomic E-state index is 9.63. The smallest absolute Gasteiger partial charge is 0.134 e. The maximum Gasteiger partial charge on any atom is 0.134 e. The molecule has 1 aliphatic carbocycles. The summed E-state index contributed by atoms with van der Waals surface area (Å²) in [4.78, 5) is 10.7. The second kappa shape index (κ2) is 5.30. The molecule has 6 nitrogen and oxygen atoms in total. The monoisotopic (exact) mass is 264 g/mol. The Morgan fingerprint density at radius 1 is 1.47 bits per heavy atom. The van der Waals surface area contributed by atoms with Gasteiger partial charge in [-0.2, -0.15) is 0 Å². The van der Waals surface area contributed by atoms with Crippen LogP contribution in [-0.2, 0) is 4.74 Å². The molecule has 0 bridgehead atoms. The second-order valence-corrected chi connectivity index (χ2v) is 5.28. The number of nitrogens with zero attached hydrogens (tertiary/aromatic N) is 3. The van der Waals surface area contributed by atoms with Crippen LogP contribution in [-0.4, -0.2) is 53.0 Å². The minimum atomic E-state index is -0.464. The lowest BCUT2D eigenvalue weighted by atomic mass is 10.2. The molecule has 1 aromatic heterocycles.